The second kappa shape index (κ2) is 6.60. The van der Waals surface area contributed by atoms with Gasteiger partial charge in [0.25, 0.3) is 12.3 Å². The van der Waals surface area contributed by atoms with Gasteiger partial charge in [-0.25, -0.2) is 8.78 Å². The zero-order chi connectivity index (χ0) is 17.0. The summed E-state index contributed by atoms with van der Waals surface area (Å²) < 4.78 is 26.2. The number of aromatic nitrogens is 1. The van der Waals surface area contributed by atoms with E-state index < -0.39 is 30.3 Å². The highest BCUT2D eigenvalue weighted by molar-refractivity contribution is 5.94. The first-order valence-electron chi connectivity index (χ1n) is 6.89. The molecule has 122 valence electrons. The number of carbonyl (C=O) groups is 2. The molecule has 1 aromatic heterocycles. The molecule has 7 heteroatoms. The molecule has 1 atom stereocenters. The third-order valence-electron chi connectivity index (χ3n) is 3.41. The Hall–Kier alpha value is -2.70. The Balaban J connectivity index is 2.17. The summed E-state index contributed by atoms with van der Waals surface area (Å²) in [5.41, 5.74) is -0.552. The Bertz CT molecular complexity index is 700. The van der Waals surface area contributed by atoms with Crippen LogP contribution in [0.25, 0.3) is 11.3 Å². The number of H-pyrrole nitrogens is 1. The van der Waals surface area contributed by atoms with Crippen LogP contribution in [0.3, 0.4) is 0 Å². The third-order valence-corrected chi connectivity index (χ3v) is 3.41. The molecule has 0 saturated heterocycles. The van der Waals surface area contributed by atoms with Gasteiger partial charge in [-0.05, 0) is 24.6 Å². The number of hydrogen-bond acceptors (Lipinski definition) is 2. The molecular formula is C16H16F2N2O3. The second-order valence-electron chi connectivity index (χ2n) is 5.39. The minimum atomic E-state index is -3.01. The van der Waals surface area contributed by atoms with Gasteiger partial charge >= 0.3 is 5.97 Å². The van der Waals surface area contributed by atoms with Crippen molar-refractivity contribution in [2.45, 2.75) is 25.3 Å². The maximum Gasteiger partial charge on any atom is 0.305 e. The second-order valence-corrected chi connectivity index (χ2v) is 5.39. The molecule has 0 saturated carbocycles. The highest BCUT2D eigenvalue weighted by atomic mass is 19.3. The molecule has 0 bridgehead atoms. The lowest BCUT2D eigenvalue weighted by Gasteiger charge is -2.28. The summed E-state index contributed by atoms with van der Waals surface area (Å²) in [5, 5.41) is 10.8. The van der Waals surface area contributed by atoms with Gasteiger partial charge in [-0.2, -0.15) is 0 Å². The Morgan fingerprint density at radius 2 is 1.87 bits per heavy atom. The number of aliphatic carboxylic acids is 1. The number of carbonyl (C=O) groups excluding carboxylic acids is 1. The molecule has 0 aliphatic heterocycles. The zero-order valence-electron chi connectivity index (χ0n) is 12.3. The summed E-state index contributed by atoms with van der Waals surface area (Å²) in [5.74, 6) is -2.19. The van der Waals surface area contributed by atoms with Crippen molar-refractivity contribution in [3.63, 3.8) is 0 Å². The summed E-state index contributed by atoms with van der Waals surface area (Å²) in [6.45, 7) is 1.00. The molecule has 2 aromatic rings. The highest BCUT2D eigenvalue weighted by Gasteiger charge is 2.39. The average molecular weight is 322 g/mol. The molecule has 1 aromatic carbocycles. The van der Waals surface area contributed by atoms with Gasteiger partial charge < -0.3 is 15.4 Å². The molecule has 0 aliphatic rings. The molecule has 0 spiro atoms. The Labute approximate surface area is 131 Å². The minimum Gasteiger partial charge on any atom is -0.481 e. The predicted molar refractivity (Wildman–Crippen MR) is 80.4 cm³/mol. The van der Waals surface area contributed by atoms with Crippen LogP contribution in [0, 0.1) is 0 Å². The van der Waals surface area contributed by atoms with E-state index in [4.69, 9.17) is 5.11 Å². The van der Waals surface area contributed by atoms with Crippen LogP contribution in [-0.2, 0) is 4.79 Å². The van der Waals surface area contributed by atoms with Gasteiger partial charge in [-0.1, -0.05) is 30.3 Å². The fourth-order valence-corrected chi connectivity index (χ4v) is 2.13. The lowest BCUT2D eigenvalue weighted by atomic mass is 9.98. The standard InChI is InChI=1S/C16H16F2N2O3/c1-16(15(17)18,9-13(21)22)20-14(23)12-8-7-11(19-12)10-5-3-2-4-6-10/h2-8,15,19H,9H2,1H3,(H,20,23)(H,21,22). The number of carboxylic acids is 1. The van der Waals surface area contributed by atoms with Crippen LogP contribution in [0.2, 0.25) is 0 Å². The van der Waals surface area contributed by atoms with Crippen molar-refractivity contribution in [2.75, 3.05) is 0 Å². The largest absolute Gasteiger partial charge is 0.481 e. The molecule has 0 aliphatic carbocycles. The summed E-state index contributed by atoms with van der Waals surface area (Å²) in [6.07, 6.45) is -3.88. The van der Waals surface area contributed by atoms with Crippen molar-refractivity contribution in [1.29, 1.82) is 0 Å². The van der Waals surface area contributed by atoms with E-state index in [0.717, 1.165) is 12.5 Å². The van der Waals surface area contributed by atoms with Gasteiger partial charge in [-0.3, -0.25) is 9.59 Å². The number of rotatable bonds is 6. The number of alkyl halides is 2. The van der Waals surface area contributed by atoms with E-state index in [2.05, 4.69) is 10.3 Å². The lowest BCUT2D eigenvalue weighted by Crippen LogP contribution is -2.52. The first-order chi connectivity index (χ1) is 10.8. The fourth-order valence-electron chi connectivity index (χ4n) is 2.13. The van der Waals surface area contributed by atoms with Crippen LogP contribution in [0.15, 0.2) is 42.5 Å². The van der Waals surface area contributed by atoms with Gasteiger partial charge in [0.2, 0.25) is 0 Å². The van der Waals surface area contributed by atoms with Gasteiger partial charge in [0.1, 0.15) is 11.2 Å². The molecule has 1 amide bonds. The van der Waals surface area contributed by atoms with Crippen LogP contribution < -0.4 is 5.32 Å². The Kier molecular flexibility index (Phi) is 4.78. The highest BCUT2D eigenvalue weighted by Crippen LogP contribution is 2.22. The monoisotopic (exact) mass is 322 g/mol. The Morgan fingerprint density at radius 3 is 2.43 bits per heavy atom. The quantitative estimate of drug-likeness (QED) is 0.765. The Morgan fingerprint density at radius 1 is 1.22 bits per heavy atom. The maximum atomic E-state index is 13.1. The molecule has 3 N–H and O–H groups in total. The van der Waals surface area contributed by atoms with Crippen molar-refractivity contribution in [2.24, 2.45) is 0 Å². The van der Waals surface area contributed by atoms with E-state index in [1.807, 2.05) is 30.3 Å². The molecule has 1 heterocycles. The van der Waals surface area contributed by atoms with Crippen LogP contribution >= 0.6 is 0 Å². The van der Waals surface area contributed by atoms with Crippen molar-refractivity contribution in [3.8, 4) is 11.3 Å². The normalized spacial score (nSPS) is 13.6. The van der Waals surface area contributed by atoms with E-state index in [0.29, 0.717) is 5.69 Å². The van der Waals surface area contributed by atoms with Gasteiger partial charge in [-0.15, -0.1) is 0 Å². The summed E-state index contributed by atoms with van der Waals surface area (Å²) in [7, 11) is 0. The first kappa shape index (κ1) is 16.7. The molecule has 2 rings (SSSR count). The van der Waals surface area contributed by atoms with Gasteiger partial charge in [0.05, 0.1) is 6.42 Å². The van der Waals surface area contributed by atoms with E-state index in [1.54, 1.807) is 6.07 Å². The van der Waals surface area contributed by atoms with E-state index in [1.165, 1.54) is 6.07 Å². The topological polar surface area (TPSA) is 82.2 Å². The number of amides is 1. The number of halogens is 2. The average Bonchev–Trinajstić information content (AvgIpc) is 2.97. The van der Waals surface area contributed by atoms with Crippen molar-refractivity contribution >= 4 is 11.9 Å². The number of benzene rings is 1. The maximum absolute atomic E-state index is 13.1. The first-order valence-corrected chi connectivity index (χ1v) is 6.89. The van der Waals surface area contributed by atoms with Crippen molar-refractivity contribution in [3.05, 3.63) is 48.2 Å². The molecule has 23 heavy (non-hydrogen) atoms. The zero-order valence-corrected chi connectivity index (χ0v) is 12.3. The summed E-state index contributed by atoms with van der Waals surface area (Å²) in [6, 6.07) is 12.3. The SMILES string of the molecule is CC(CC(=O)O)(NC(=O)c1ccc(-c2ccccc2)[nH]1)C(F)F. The van der Waals surface area contributed by atoms with Crippen LogP contribution in [0.4, 0.5) is 8.78 Å². The fraction of sp³-hybridized carbons (Fsp3) is 0.250. The predicted octanol–water partition coefficient (Wildman–Crippen LogP) is 2.91. The van der Waals surface area contributed by atoms with Gasteiger partial charge in [0.15, 0.2) is 0 Å². The smallest absolute Gasteiger partial charge is 0.305 e. The van der Waals surface area contributed by atoms with Crippen molar-refractivity contribution < 1.29 is 23.5 Å². The van der Waals surface area contributed by atoms with Crippen molar-refractivity contribution in [1.82, 2.24) is 10.3 Å². The number of aromatic amines is 1. The van der Waals surface area contributed by atoms with E-state index in [9.17, 15) is 18.4 Å². The van der Waals surface area contributed by atoms with E-state index in [-0.39, 0.29) is 5.69 Å². The molecular weight excluding hydrogens is 306 g/mol. The molecule has 5 nitrogen and oxygen atoms in total. The third kappa shape index (κ3) is 3.94. The number of nitrogens with one attached hydrogen (secondary N) is 2. The molecule has 1 unspecified atom stereocenters. The number of carboxylic acid groups (broad SMARTS) is 1. The number of hydrogen-bond donors (Lipinski definition) is 3. The van der Waals surface area contributed by atoms with Crippen LogP contribution in [0.5, 0.6) is 0 Å². The summed E-state index contributed by atoms with van der Waals surface area (Å²) in [4.78, 5) is 25.7. The molecule has 0 fully saturated rings. The van der Waals surface area contributed by atoms with Gasteiger partial charge in [0, 0.05) is 5.69 Å². The molecule has 0 radical (unpaired) electrons. The lowest BCUT2D eigenvalue weighted by molar-refractivity contribution is -0.140. The van der Waals surface area contributed by atoms with Crippen LogP contribution in [-0.4, -0.2) is 33.9 Å². The summed E-state index contributed by atoms with van der Waals surface area (Å²) >= 11 is 0. The minimum absolute atomic E-state index is 0.0844. The van der Waals surface area contributed by atoms with E-state index >= 15 is 0 Å². The van der Waals surface area contributed by atoms with Crippen LogP contribution in [0.1, 0.15) is 23.8 Å².